The van der Waals surface area contributed by atoms with Crippen LogP contribution in [0.4, 0.5) is 13.2 Å². The number of aryl methyl sites for hydroxylation is 2. The number of ether oxygens (including phenoxy) is 2. The van der Waals surface area contributed by atoms with E-state index in [9.17, 15) is 22.8 Å². The Morgan fingerprint density at radius 2 is 1.72 bits per heavy atom. The minimum atomic E-state index is -4.82. The Labute approximate surface area is 226 Å². The third-order valence-electron chi connectivity index (χ3n) is 5.98. The molecule has 0 N–H and O–H groups in total. The molecule has 0 atom stereocenters. The standard InChI is InChI=1S/C25H27F3N6O4S/c1-4-37-23(36)17-9-11-33(12-10-17)22(35)21-20(14-39-24-29-15(2)13-16(3)30-24)34(32-31-21)18-5-7-19(8-6-18)38-25(26,27)28/h5-8,13,17H,4,9-12,14H2,1-3H3. The van der Waals surface area contributed by atoms with E-state index in [4.69, 9.17) is 4.74 Å². The highest BCUT2D eigenvalue weighted by atomic mass is 32.2. The molecule has 1 amide bonds. The molecule has 39 heavy (non-hydrogen) atoms. The number of halogens is 3. The van der Waals surface area contributed by atoms with Crippen LogP contribution in [0.25, 0.3) is 5.69 Å². The molecule has 0 aliphatic carbocycles. The Kier molecular flexibility index (Phi) is 8.73. The van der Waals surface area contributed by atoms with Crippen molar-refractivity contribution in [3.63, 3.8) is 0 Å². The van der Waals surface area contributed by atoms with Crippen molar-refractivity contribution in [2.24, 2.45) is 5.92 Å². The molecule has 0 bridgehead atoms. The normalized spacial score (nSPS) is 14.4. The van der Waals surface area contributed by atoms with Crippen LogP contribution in [0.1, 0.15) is 47.3 Å². The molecule has 0 radical (unpaired) electrons. The Hall–Kier alpha value is -3.68. The number of thioether (sulfide) groups is 1. The highest BCUT2D eigenvalue weighted by molar-refractivity contribution is 7.98. The van der Waals surface area contributed by atoms with Gasteiger partial charge in [-0.1, -0.05) is 17.0 Å². The molecule has 1 aliphatic rings. The van der Waals surface area contributed by atoms with Crippen LogP contribution in [-0.2, 0) is 15.3 Å². The van der Waals surface area contributed by atoms with Gasteiger partial charge in [0.1, 0.15) is 5.75 Å². The van der Waals surface area contributed by atoms with Crippen molar-refractivity contribution < 1.29 is 32.2 Å². The van der Waals surface area contributed by atoms with E-state index in [1.807, 2.05) is 19.9 Å². The van der Waals surface area contributed by atoms with Crippen LogP contribution in [0.3, 0.4) is 0 Å². The lowest BCUT2D eigenvalue weighted by atomic mass is 9.97. The second kappa shape index (κ2) is 12.0. The van der Waals surface area contributed by atoms with Crippen molar-refractivity contribution in [3.8, 4) is 11.4 Å². The summed E-state index contributed by atoms with van der Waals surface area (Å²) < 4.78 is 48.2. The fraction of sp³-hybridized carbons (Fsp3) is 0.440. The van der Waals surface area contributed by atoms with Gasteiger partial charge in [0.15, 0.2) is 10.9 Å². The van der Waals surface area contributed by atoms with Crippen molar-refractivity contribution >= 4 is 23.6 Å². The number of nitrogens with zero attached hydrogens (tertiary/aromatic N) is 6. The quantitative estimate of drug-likeness (QED) is 0.225. The van der Waals surface area contributed by atoms with E-state index < -0.39 is 6.36 Å². The maximum atomic E-state index is 13.5. The number of rotatable bonds is 8. The zero-order valence-electron chi connectivity index (χ0n) is 21.6. The summed E-state index contributed by atoms with van der Waals surface area (Å²) in [7, 11) is 0. The summed E-state index contributed by atoms with van der Waals surface area (Å²) in [6.07, 6.45) is -3.87. The minimum Gasteiger partial charge on any atom is -0.466 e. The monoisotopic (exact) mass is 564 g/mol. The molecular formula is C25H27F3N6O4S. The van der Waals surface area contributed by atoms with Crippen LogP contribution in [0.5, 0.6) is 5.75 Å². The highest BCUT2D eigenvalue weighted by Crippen LogP contribution is 2.28. The maximum Gasteiger partial charge on any atom is 0.573 e. The maximum absolute atomic E-state index is 13.5. The molecule has 1 aromatic carbocycles. The Morgan fingerprint density at radius 3 is 2.31 bits per heavy atom. The first-order valence-corrected chi connectivity index (χ1v) is 13.2. The highest BCUT2D eigenvalue weighted by Gasteiger charge is 2.33. The van der Waals surface area contributed by atoms with Gasteiger partial charge in [0.05, 0.1) is 23.9 Å². The van der Waals surface area contributed by atoms with Gasteiger partial charge in [0, 0.05) is 30.2 Å². The van der Waals surface area contributed by atoms with Crippen LogP contribution in [0, 0.1) is 19.8 Å². The number of benzene rings is 1. The average molecular weight is 565 g/mol. The van der Waals surface area contributed by atoms with Crippen LogP contribution >= 0.6 is 11.8 Å². The lowest BCUT2D eigenvalue weighted by Crippen LogP contribution is -2.41. The largest absolute Gasteiger partial charge is 0.573 e. The number of aromatic nitrogens is 5. The summed E-state index contributed by atoms with van der Waals surface area (Å²) in [5.41, 5.74) is 2.52. The van der Waals surface area contributed by atoms with E-state index in [-0.39, 0.29) is 35.0 Å². The van der Waals surface area contributed by atoms with Gasteiger partial charge in [-0.2, -0.15) is 0 Å². The van der Waals surface area contributed by atoms with Gasteiger partial charge in [-0.25, -0.2) is 14.6 Å². The average Bonchev–Trinajstić information content (AvgIpc) is 3.30. The molecule has 208 valence electrons. The fourth-order valence-electron chi connectivity index (χ4n) is 4.21. The number of alkyl halides is 3. The topological polar surface area (TPSA) is 112 Å². The van der Waals surface area contributed by atoms with E-state index in [1.54, 1.807) is 11.8 Å². The van der Waals surface area contributed by atoms with Crippen molar-refractivity contribution in [1.29, 1.82) is 0 Å². The number of hydrogen-bond acceptors (Lipinski definition) is 9. The van der Waals surface area contributed by atoms with Gasteiger partial charge in [-0.3, -0.25) is 9.59 Å². The van der Waals surface area contributed by atoms with Gasteiger partial charge in [0.25, 0.3) is 5.91 Å². The molecule has 1 fully saturated rings. The van der Waals surface area contributed by atoms with Gasteiger partial charge in [-0.15, -0.1) is 18.3 Å². The molecule has 14 heteroatoms. The number of likely N-dealkylation sites (tertiary alicyclic amines) is 1. The summed E-state index contributed by atoms with van der Waals surface area (Å²) in [4.78, 5) is 36.1. The van der Waals surface area contributed by atoms with E-state index in [0.29, 0.717) is 49.1 Å². The van der Waals surface area contributed by atoms with Crippen LogP contribution in [0.15, 0.2) is 35.5 Å². The molecule has 3 heterocycles. The first-order chi connectivity index (χ1) is 18.5. The molecule has 3 aromatic rings. The Bertz CT molecular complexity index is 1300. The summed E-state index contributed by atoms with van der Waals surface area (Å²) >= 11 is 1.29. The summed E-state index contributed by atoms with van der Waals surface area (Å²) in [5.74, 6) is -1.04. The van der Waals surface area contributed by atoms with Crippen molar-refractivity contribution in [3.05, 3.63) is 53.1 Å². The fourth-order valence-corrected chi connectivity index (χ4v) is 5.15. The second-order valence-electron chi connectivity index (χ2n) is 8.88. The Balaban J connectivity index is 1.59. The first-order valence-electron chi connectivity index (χ1n) is 12.3. The lowest BCUT2D eigenvalue weighted by molar-refractivity contribution is -0.274. The Morgan fingerprint density at radius 1 is 1.08 bits per heavy atom. The smallest absolute Gasteiger partial charge is 0.466 e. The minimum absolute atomic E-state index is 0.108. The molecule has 2 aromatic heterocycles. The second-order valence-corrected chi connectivity index (χ2v) is 9.82. The number of carbonyl (C=O) groups is 2. The van der Waals surface area contributed by atoms with E-state index in [0.717, 1.165) is 23.5 Å². The number of esters is 1. The third kappa shape index (κ3) is 7.25. The molecular weight excluding hydrogens is 537 g/mol. The number of hydrogen-bond donors (Lipinski definition) is 0. The van der Waals surface area contributed by atoms with Crippen molar-refractivity contribution in [1.82, 2.24) is 29.9 Å². The summed E-state index contributed by atoms with van der Waals surface area (Å²) in [6.45, 7) is 6.46. The van der Waals surface area contributed by atoms with Crippen molar-refractivity contribution in [2.75, 3.05) is 19.7 Å². The summed E-state index contributed by atoms with van der Waals surface area (Å²) in [5, 5.41) is 8.80. The molecule has 0 unspecified atom stereocenters. The lowest BCUT2D eigenvalue weighted by Gasteiger charge is -2.30. The zero-order chi connectivity index (χ0) is 28.2. The molecule has 10 nitrogen and oxygen atoms in total. The van der Waals surface area contributed by atoms with Gasteiger partial charge in [-0.05, 0) is 63.9 Å². The van der Waals surface area contributed by atoms with Crippen molar-refractivity contribution in [2.45, 2.75) is 50.9 Å². The molecule has 4 rings (SSSR count). The van der Waals surface area contributed by atoms with Gasteiger partial charge < -0.3 is 14.4 Å². The van der Waals surface area contributed by atoms with Crippen LogP contribution in [-0.4, -0.2) is 67.8 Å². The zero-order valence-corrected chi connectivity index (χ0v) is 22.4. The molecule has 1 saturated heterocycles. The molecule has 0 spiro atoms. The number of amides is 1. The third-order valence-corrected chi connectivity index (χ3v) is 6.84. The van der Waals surface area contributed by atoms with E-state index in [2.05, 4.69) is 25.0 Å². The molecule has 1 aliphatic heterocycles. The van der Waals surface area contributed by atoms with Gasteiger partial charge >= 0.3 is 12.3 Å². The van der Waals surface area contributed by atoms with E-state index >= 15 is 0 Å². The molecule has 0 saturated carbocycles. The summed E-state index contributed by atoms with van der Waals surface area (Å²) in [6, 6.07) is 6.97. The van der Waals surface area contributed by atoms with Gasteiger partial charge in [0.2, 0.25) is 0 Å². The SMILES string of the molecule is CCOC(=O)C1CCN(C(=O)c2nnn(-c3ccc(OC(F)(F)F)cc3)c2CSc2nc(C)cc(C)n2)CC1. The van der Waals surface area contributed by atoms with E-state index in [1.165, 1.54) is 28.6 Å². The van der Waals surface area contributed by atoms with Crippen LogP contribution < -0.4 is 4.74 Å². The van der Waals surface area contributed by atoms with Crippen LogP contribution in [0.2, 0.25) is 0 Å². The number of piperidine rings is 1. The first kappa shape index (κ1) is 28.3. The predicted octanol–water partition coefficient (Wildman–Crippen LogP) is 4.28. The predicted molar refractivity (Wildman–Crippen MR) is 134 cm³/mol. The number of carbonyl (C=O) groups excluding carboxylic acids is 2.